The van der Waals surface area contributed by atoms with E-state index < -0.39 is 5.97 Å². The summed E-state index contributed by atoms with van der Waals surface area (Å²) < 4.78 is 1.19. The number of halogens is 2. The monoisotopic (exact) mass is 318 g/mol. The second-order valence-corrected chi connectivity index (χ2v) is 3.36. The molecule has 0 radical (unpaired) electrons. The highest BCUT2D eigenvalue weighted by Crippen LogP contribution is 2.02. The number of nitrogen functional groups attached to an aromatic ring is 1. The van der Waals surface area contributed by atoms with Crippen molar-refractivity contribution in [3.05, 3.63) is 41.7 Å². The first-order chi connectivity index (χ1) is 8.66. The largest absolute Gasteiger partial charge is 0.478 e. The van der Waals surface area contributed by atoms with Crippen LogP contribution in [0.2, 0.25) is 0 Å². The first-order valence-electron chi connectivity index (χ1n) is 4.94. The number of rotatable bonds is 4. The third-order valence-corrected chi connectivity index (χ3v) is 2.11. The molecule has 20 heavy (non-hydrogen) atoms. The second kappa shape index (κ2) is 7.97. The predicted molar refractivity (Wildman–Crippen MR) is 79.3 cm³/mol. The lowest BCUT2D eigenvalue weighted by Gasteiger charge is -1.98. The SMILES string of the molecule is Cl.Cl.Nn1cnnc1N/N=C/c1ccc(C(=O)O)cc1. The number of carbonyl (C=O) groups is 1. The molecule has 0 fully saturated rings. The zero-order valence-corrected chi connectivity index (χ0v) is 11.6. The summed E-state index contributed by atoms with van der Waals surface area (Å²) in [7, 11) is 0. The molecule has 0 aliphatic heterocycles. The van der Waals surface area contributed by atoms with Gasteiger partial charge in [0.2, 0.25) is 0 Å². The van der Waals surface area contributed by atoms with Gasteiger partial charge in [-0.25, -0.2) is 14.9 Å². The van der Waals surface area contributed by atoms with Crippen molar-refractivity contribution in [2.45, 2.75) is 0 Å². The molecule has 0 aliphatic carbocycles. The van der Waals surface area contributed by atoms with E-state index in [2.05, 4.69) is 20.7 Å². The van der Waals surface area contributed by atoms with Crippen molar-refractivity contribution in [2.24, 2.45) is 5.10 Å². The average Bonchev–Trinajstić information content (AvgIpc) is 2.76. The summed E-state index contributed by atoms with van der Waals surface area (Å²) in [6.07, 6.45) is 2.85. The van der Waals surface area contributed by atoms with E-state index >= 15 is 0 Å². The maximum atomic E-state index is 10.6. The van der Waals surface area contributed by atoms with Crippen molar-refractivity contribution >= 4 is 42.9 Å². The Balaban J connectivity index is 0.00000180. The van der Waals surface area contributed by atoms with E-state index in [1.807, 2.05) is 0 Å². The van der Waals surface area contributed by atoms with Crippen LogP contribution in [0.15, 0.2) is 35.7 Å². The predicted octanol–water partition coefficient (Wildman–Crippen LogP) is 0.980. The summed E-state index contributed by atoms with van der Waals surface area (Å²) in [6.45, 7) is 0. The number of benzene rings is 1. The van der Waals surface area contributed by atoms with Crippen LogP contribution in [0.4, 0.5) is 5.95 Å². The highest BCUT2D eigenvalue weighted by Gasteiger charge is 2.00. The number of nitrogens with two attached hydrogens (primary N) is 1. The summed E-state index contributed by atoms with van der Waals surface area (Å²) in [5.74, 6) is 4.80. The van der Waals surface area contributed by atoms with Crippen LogP contribution < -0.4 is 11.3 Å². The first-order valence-corrected chi connectivity index (χ1v) is 4.94. The molecule has 10 heteroatoms. The van der Waals surface area contributed by atoms with E-state index in [-0.39, 0.29) is 30.4 Å². The van der Waals surface area contributed by atoms with Crippen LogP contribution in [0.5, 0.6) is 0 Å². The summed E-state index contributed by atoms with van der Waals surface area (Å²) >= 11 is 0. The lowest BCUT2D eigenvalue weighted by Crippen LogP contribution is -2.10. The van der Waals surface area contributed by atoms with Gasteiger partial charge in [-0.3, -0.25) is 0 Å². The molecule has 0 saturated heterocycles. The van der Waals surface area contributed by atoms with Gasteiger partial charge in [-0.05, 0) is 17.7 Å². The van der Waals surface area contributed by atoms with Gasteiger partial charge < -0.3 is 10.9 Å². The highest BCUT2D eigenvalue weighted by atomic mass is 35.5. The lowest BCUT2D eigenvalue weighted by molar-refractivity contribution is 0.0697. The molecule has 2 aromatic rings. The standard InChI is InChI=1S/C10H10N6O2.2ClH/c11-16-6-13-15-10(16)14-12-5-7-1-3-8(4-2-7)9(17)18;;/h1-6H,11H2,(H,14,15)(H,17,18);2*1H/b12-5+;;. The van der Waals surface area contributed by atoms with Gasteiger partial charge in [-0.15, -0.1) is 35.0 Å². The Morgan fingerprint density at radius 1 is 1.35 bits per heavy atom. The maximum absolute atomic E-state index is 10.6. The minimum atomic E-state index is -0.965. The second-order valence-electron chi connectivity index (χ2n) is 3.36. The van der Waals surface area contributed by atoms with Crippen molar-refractivity contribution in [3.63, 3.8) is 0 Å². The number of anilines is 1. The number of nitrogens with one attached hydrogen (secondary N) is 1. The maximum Gasteiger partial charge on any atom is 0.335 e. The molecule has 1 aromatic carbocycles. The molecule has 108 valence electrons. The fourth-order valence-electron chi connectivity index (χ4n) is 1.20. The van der Waals surface area contributed by atoms with Crippen LogP contribution in [-0.2, 0) is 0 Å². The van der Waals surface area contributed by atoms with Crippen molar-refractivity contribution < 1.29 is 9.90 Å². The quantitative estimate of drug-likeness (QED) is 0.439. The smallest absolute Gasteiger partial charge is 0.335 e. The normalized spacial score (nSPS) is 9.60. The van der Waals surface area contributed by atoms with Gasteiger partial charge in [-0.1, -0.05) is 12.1 Å². The molecule has 1 heterocycles. The minimum absolute atomic E-state index is 0. The number of aromatic nitrogens is 3. The van der Waals surface area contributed by atoms with E-state index in [4.69, 9.17) is 10.9 Å². The Labute approximate surface area is 126 Å². The highest BCUT2D eigenvalue weighted by molar-refractivity contribution is 5.89. The Kier molecular flexibility index (Phi) is 7.05. The number of carboxylic acid groups (broad SMARTS) is 1. The van der Waals surface area contributed by atoms with E-state index in [9.17, 15) is 4.79 Å². The van der Waals surface area contributed by atoms with Crippen LogP contribution in [0.1, 0.15) is 15.9 Å². The van der Waals surface area contributed by atoms with Crippen molar-refractivity contribution in [2.75, 3.05) is 11.3 Å². The molecule has 0 unspecified atom stereocenters. The van der Waals surface area contributed by atoms with Gasteiger partial charge in [0.1, 0.15) is 6.33 Å². The third-order valence-electron chi connectivity index (χ3n) is 2.11. The van der Waals surface area contributed by atoms with Crippen LogP contribution in [0.3, 0.4) is 0 Å². The van der Waals surface area contributed by atoms with E-state index in [0.717, 1.165) is 5.56 Å². The molecule has 4 N–H and O–H groups in total. The van der Waals surface area contributed by atoms with Crippen molar-refractivity contribution in [3.8, 4) is 0 Å². The number of hydrazone groups is 1. The number of aromatic carboxylic acids is 1. The van der Waals surface area contributed by atoms with Gasteiger partial charge >= 0.3 is 5.97 Å². The topological polar surface area (TPSA) is 118 Å². The summed E-state index contributed by atoms with van der Waals surface area (Å²) in [4.78, 5) is 10.6. The molecule has 2 rings (SSSR count). The third kappa shape index (κ3) is 4.41. The summed E-state index contributed by atoms with van der Waals surface area (Å²) in [5, 5.41) is 19.9. The molecule has 0 spiro atoms. The number of carboxylic acids is 1. The zero-order chi connectivity index (χ0) is 13.0. The van der Waals surface area contributed by atoms with E-state index in [1.165, 1.54) is 29.4 Å². The van der Waals surface area contributed by atoms with Crippen LogP contribution in [0.25, 0.3) is 0 Å². The number of hydrogen-bond acceptors (Lipinski definition) is 6. The van der Waals surface area contributed by atoms with Crippen LogP contribution >= 0.6 is 24.8 Å². The van der Waals surface area contributed by atoms with Gasteiger partial charge in [0.05, 0.1) is 11.8 Å². The van der Waals surface area contributed by atoms with Gasteiger partial charge in [0, 0.05) is 0 Å². The molecule has 0 amide bonds. The van der Waals surface area contributed by atoms with Crippen molar-refractivity contribution in [1.82, 2.24) is 14.9 Å². The van der Waals surface area contributed by atoms with Gasteiger partial charge in [0.15, 0.2) is 0 Å². The van der Waals surface area contributed by atoms with Gasteiger partial charge in [-0.2, -0.15) is 5.10 Å². The molecule has 0 aliphatic rings. The zero-order valence-electron chi connectivity index (χ0n) is 10.0. The Hall–Kier alpha value is -2.32. The Morgan fingerprint density at radius 3 is 2.50 bits per heavy atom. The first kappa shape index (κ1) is 17.7. The van der Waals surface area contributed by atoms with E-state index in [1.54, 1.807) is 12.1 Å². The molecular weight excluding hydrogens is 307 g/mol. The average molecular weight is 319 g/mol. The van der Waals surface area contributed by atoms with Crippen molar-refractivity contribution in [1.29, 1.82) is 0 Å². The van der Waals surface area contributed by atoms with Crippen LogP contribution in [0, 0.1) is 0 Å². The summed E-state index contributed by atoms with van der Waals surface area (Å²) in [6, 6.07) is 6.27. The number of hydrogen-bond donors (Lipinski definition) is 3. The fourth-order valence-corrected chi connectivity index (χ4v) is 1.20. The fraction of sp³-hybridized carbons (Fsp3) is 0. The molecule has 0 saturated carbocycles. The lowest BCUT2D eigenvalue weighted by atomic mass is 10.1. The Bertz CT molecular complexity index is 584. The molecule has 1 aromatic heterocycles. The molecular formula is C10H12Cl2N6O2. The molecule has 0 bridgehead atoms. The minimum Gasteiger partial charge on any atom is -0.478 e. The molecule has 0 atom stereocenters. The Morgan fingerprint density at radius 2 is 2.00 bits per heavy atom. The summed E-state index contributed by atoms with van der Waals surface area (Å²) in [5.41, 5.74) is 3.57. The molecule has 8 nitrogen and oxygen atoms in total. The van der Waals surface area contributed by atoms with Crippen LogP contribution in [-0.4, -0.2) is 32.2 Å². The number of nitrogens with zero attached hydrogens (tertiary/aromatic N) is 4. The van der Waals surface area contributed by atoms with E-state index in [0.29, 0.717) is 5.95 Å². The van der Waals surface area contributed by atoms with Gasteiger partial charge in [0.25, 0.3) is 5.95 Å².